The van der Waals surface area contributed by atoms with Gasteiger partial charge in [-0.05, 0) is 32.3 Å². The Bertz CT molecular complexity index is 544. The molecule has 1 amide bonds. The van der Waals surface area contributed by atoms with Crippen LogP contribution >= 0.6 is 0 Å². The molecule has 0 radical (unpaired) electrons. The fourth-order valence-corrected chi connectivity index (χ4v) is 3.13. The fourth-order valence-electron chi connectivity index (χ4n) is 3.13. The van der Waals surface area contributed by atoms with E-state index < -0.39 is 25.3 Å². The van der Waals surface area contributed by atoms with E-state index in [1.807, 2.05) is 20.8 Å². The predicted octanol–water partition coefficient (Wildman–Crippen LogP) is 4.91. The van der Waals surface area contributed by atoms with Crippen molar-refractivity contribution in [2.45, 2.75) is 65.1 Å². The zero-order valence-corrected chi connectivity index (χ0v) is 15.4. The van der Waals surface area contributed by atoms with Crippen LogP contribution in [-0.4, -0.2) is 31.3 Å². The van der Waals surface area contributed by atoms with Gasteiger partial charge in [0.1, 0.15) is 13.2 Å². The normalized spacial score (nSPS) is 14.2. The lowest BCUT2D eigenvalue weighted by atomic mass is 9.85. The third-order valence-electron chi connectivity index (χ3n) is 4.04. The second kappa shape index (κ2) is 9.80. The maximum atomic E-state index is 12.1. The van der Waals surface area contributed by atoms with Crippen LogP contribution < -0.4 is 5.32 Å². The van der Waals surface area contributed by atoms with Crippen molar-refractivity contribution in [1.82, 2.24) is 5.32 Å². The van der Waals surface area contributed by atoms with Gasteiger partial charge in [-0.25, -0.2) is 0 Å². The highest BCUT2D eigenvalue weighted by atomic mass is 19.4. The highest BCUT2D eigenvalue weighted by Gasteiger charge is 2.28. The number of ether oxygens (including phenoxy) is 1. The zero-order valence-electron chi connectivity index (χ0n) is 15.4. The first-order valence-electron chi connectivity index (χ1n) is 8.68. The summed E-state index contributed by atoms with van der Waals surface area (Å²) in [5.74, 6) is -0.387. The first-order chi connectivity index (χ1) is 11.7. The molecule has 25 heavy (non-hydrogen) atoms. The molecule has 0 aromatic heterocycles. The summed E-state index contributed by atoms with van der Waals surface area (Å²) in [6.45, 7) is 6.12. The van der Waals surface area contributed by atoms with Gasteiger partial charge in [0.05, 0.1) is 0 Å². The fraction of sp³-hybridized carbons (Fsp3) is 0.632. The number of alkyl halides is 3. The SMILES string of the molecule is CCC[C@@H](c1cc(C)cc(C)c1)[C@@H](CC)NC(=O)COCC(F)(F)F.[HH]. The summed E-state index contributed by atoms with van der Waals surface area (Å²) in [6.07, 6.45) is -1.88. The molecule has 0 spiro atoms. The van der Waals surface area contributed by atoms with Crippen molar-refractivity contribution in [3.05, 3.63) is 34.9 Å². The summed E-state index contributed by atoms with van der Waals surface area (Å²) >= 11 is 0. The number of halogens is 3. The van der Waals surface area contributed by atoms with Crippen LogP contribution in [-0.2, 0) is 9.53 Å². The number of benzene rings is 1. The number of nitrogens with one attached hydrogen (secondary N) is 1. The molecule has 0 saturated carbocycles. The molecule has 6 heteroatoms. The van der Waals surface area contributed by atoms with Crippen molar-refractivity contribution < 1.29 is 24.1 Å². The molecule has 0 aliphatic carbocycles. The maximum Gasteiger partial charge on any atom is 0.411 e. The smallest absolute Gasteiger partial charge is 0.362 e. The van der Waals surface area contributed by atoms with E-state index in [2.05, 4.69) is 35.2 Å². The third kappa shape index (κ3) is 7.90. The number of carbonyl (C=O) groups excluding carboxylic acids is 1. The van der Waals surface area contributed by atoms with Crippen LogP contribution in [0.3, 0.4) is 0 Å². The number of amides is 1. The molecule has 3 nitrogen and oxygen atoms in total. The van der Waals surface area contributed by atoms with Gasteiger partial charge in [0, 0.05) is 13.4 Å². The van der Waals surface area contributed by atoms with Crippen LogP contribution in [0.1, 0.15) is 57.1 Å². The predicted molar refractivity (Wildman–Crippen MR) is 94.8 cm³/mol. The minimum atomic E-state index is -4.42. The van der Waals surface area contributed by atoms with E-state index >= 15 is 0 Å². The van der Waals surface area contributed by atoms with Crippen LogP contribution in [0.2, 0.25) is 0 Å². The van der Waals surface area contributed by atoms with Crippen LogP contribution in [0.5, 0.6) is 0 Å². The molecule has 1 aromatic rings. The molecule has 1 aromatic carbocycles. The minimum Gasteiger partial charge on any atom is -0.362 e. The number of hydrogen-bond acceptors (Lipinski definition) is 2. The monoisotopic (exact) mass is 361 g/mol. The number of hydrogen-bond donors (Lipinski definition) is 1. The summed E-state index contributed by atoms with van der Waals surface area (Å²) in [6, 6.07) is 6.19. The Kier molecular flexibility index (Phi) is 8.42. The lowest BCUT2D eigenvalue weighted by Gasteiger charge is -2.28. The molecular formula is C19H30F3NO2. The topological polar surface area (TPSA) is 38.3 Å². The second-order valence-corrected chi connectivity index (χ2v) is 6.51. The lowest BCUT2D eigenvalue weighted by Crippen LogP contribution is -2.41. The van der Waals surface area contributed by atoms with Gasteiger partial charge in [-0.2, -0.15) is 13.2 Å². The van der Waals surface area contributed by atoms with Gasteiger partial charge >= 0.3 is 6.18 Å². The molecule has 0 fully saturated rings. The molecular weight excluding hydrogens is 331 g/mol. The molecule has 2 atom stereocenters. The Morgan fingerprint density at radius 3 is 2.28 bits per heavy atom. The van der Waals surface area contributed by atoms with Crippen molar-refractivity contribution in [3.8, 4) is 0 Å². The number of carbonyl (C=O) groups is 1. The van der Waals surface area contributed by atoms with Gasteiger partial charge in [0.15, 0.2) is 0 Å². The Balaban J connectivity index is 0.00000625. The van der Waals surface area contributed by atoms with E-state index in [1.165, 1.54) is 0 Å². The Morgan fingerprint density at radius 2 is 1.80 bits per heavy atom. The molecule has 0 heterocycles. The highest BCUT2D eigenvalue weighted by Crippen LogP contribution is 2.28. The first kappa shape index (κ1) is 21.5. The third-order valence-corrected chi connectivity index (χ3v) is 4.04. The molecule has 1 N–H and O–H groups in total. The van der Waals surface area contributed by atoms with Crippen molar-refractivity contribution in [2.24, 2.45) is 0 Å². The summed E-state index contributed by atoms with van der Waals surface area (Å²) in [5.41, 5.74) is 3.47. The van der Waals surface area contributed by atoms with Gasteiger partial charge in [0.2, 0.25) is 5.91 Å². The molecule has 0 aliphatic heterocycles. The standard InChI is InChI=1S/C19H28F3NO2.H2/c1-5-7-16(15-9-13(3)8-14(4)10-15)17(6-2)23-18(24)11-25-12-19(20,21)22;/h8-10,16-17H,5-7,11-12H2,1-4H3,(H,23,24);1H/t16-,17+;/m0./s1. The Morgan fingerprint density at radius 1 is 1.20 bits per heavy atom. The van der Waals surface area contributed by atoms with E-state index in [0.717, 1.165) is 29.5 Å². The molecule has 0 aliphatic rings. The van der Waals surface area contributed by atoms with E-state index in [-0.39, 0.29) is 13.4 Å². The van der Waals surface area contributed by atoms with E-state index in [4.69, 9.17) is 0 Å². The van der Waals surface area contributed by atoms with Gasteiger partial charge in [0.25, 0.3) is 0 Å². The second-order valence-electron chi connectivity index (χ2n) is 6.51. The number of rotatable bonds is 9. The minimum absolute atomic E-state index is 0. The van der Waals surface area contributed by atoms with Crippen LogP contribution in [0.25, 0.3) is 0 Å². The van der Waals surface area contributed by atoms with Crippen molar-refractivity contribution in [2.75, 3.05) is 13.2 Å². The average molecular weight is 361 g/mol. The van der Waals surface area contributed by atoms with Gasteiger partial charge < -0.3 is 10.1 Å². The zero-order chi connectivity index (χ0) is 19.0. The molecule has 0 bridgehead atoms. The molecule has 0 unspecified atom stereocenters. The van der Waals surface area contributed by atoms with Crippen molar-refractivity contribution in [3.63, 3.8) is 0 Å². The van der Waals surface area contributed by atoms with Crippen molar-refractivity contribution in [1.29, 1.82) is 0 Å². The summed E-state index contributed by atoms with van der Waals surface area (Å²) < 4.78 is 40.8. The molecule has 1 rings (SSSR count). The summed E-state index contributed by atoms with van der Waals surface area (Å²) in [4.78, 5) is 12.0. The van der Waals surface area contributed by atoms with Gasteiger partial charge in [-0.1, -0.05) is 49.6 Å². The van der Waals surface area contributed by atoms with Crippen LogP contribution in [0.15, 0.2) is 18.2 Å². The van der Waals surface area contributed by atoms with Crippen LogP contribution in [0.4, 0.5) is 13.2 Å². The maximum absolute atomic E-state index is 12.1. The number of aryl methyl sites for hydroxylation is 2. The van der Waals surface area contributed by atoms with Crippen LogP contribution in [0, 0.1) is 13.8 Å². The first-order valence-corrected chi connectivity index (χ1v) is 8.68. The van der Waals surface area contributed by atoms with E-state index in [0.29, 0.717) is 6.42 Å². The van der Waals surface area contributed by atoms with E-state index in [1.54, 1.807) is 0 Å². The quantitative estimate of drug-likeness (QED) is 0.679. The van der Waals surface area contributed by atoms with E-state index in [9.17, 15) is 18.0 Å². The highest BCUT2D eigenvalue weighted by molar-refractivity contribution is 5.77. The Labute approximate surface area is 149 Å². The Hall–Kier alpha value is -1.56. The summed E-state index contributed by atoms with van der Waals surface area (Å²) in [5, 5.41) is 2.84. The van der Waals surface area contributed by atoms with Gasteiger partial charge in [-0.3, -0.25) is 4.79 Å². The molecule has 0 saturated heterocycles. The average Bonchev–Trinajstić information content (AvgIpc) is 2.48. The van der Waals surface area contributed by atoms with Crippen molar-refractivity contribution >= 4 is 5.91 Å². The largest absolute Gasteiger partial charge is 0.411 e. The lowest BCUT2D eigenvalue weighted by molar-refractivity contribution is -0.175. The summed E-state index contributed by atoms with van der Waals surface area (Å²) in [7, 11) is 0. The van der Waals surface area contributed by atoms with Gasteiger partial charge in [-0.15, -0.1) is 0 Å². The molecule has 144 valence electrons.